The van der Waals surface area contributed by atoms with Crippen LogP contribution in [0.15, 0.2) is 11.6 Å². The van der Waals surface area contributed by atoms with Gasteiger partial charge in [0.1, 0.15) is 5.57 Å². The van der Waals surface area contributed by atoms with Gasteiger partial charge in [-0.05, 0) is 44.4 Å². The van der Waals surface area contributed by atoms with E-state index in [9.17, 15) is 14.4 Å². The molecule has 1 aliphatic carbocycles. The molecule has 2 aliphatic rings. The number of imide groups is 2. The third-order valence-electron chi connectivity index (χ3n) is 4.94. The number of nitrogens with one attached hydrogen (secondary N) is 1. The molecule has 0 unspecified atom stereocenters. The number of hydrogen-bond donors (Lipinski definition) is 1. The molecule has 1 N–H and O–H groups in total. The quantitative estimate of drug-likeness (QED) is 0.670. The molecule has 2 heterocycles. The van der Waals surface area contributed by atoms with Crippen molar-refractivity contribution in [2.75, 3.05) is 0 Å². The Morgan fingerprint density at radius 2 is 1.83 bits per heavy atom. The van der Waals surface area contributed by atoms with Crippen molar-refractivity contribution in [1.82, 2.24) is 14.8 Å². The van der Waals surface area contributed by atoms with Crippen LogP contribution in [0.2, 0.25) is 0 Å². The molecule has 122 valence electrons. The summed E-state index contributed by atoms with van der Waals surface area (Å²) in [6, 6.07) is 1.24. The molecule has 1 saturated carbocycles. The Bertz CT molecular complexity index is 724. The van der Waals surface area contributed by atoms with E-state index in [1.165, 1.54) is 4.90 Å². The second-order valence-electron chi connectivity index (χ2n) is 6.32. The van der Waals surface area contributed by atoms with E-state index in [0.717, 1.165) is 42.6 Å². The van der Waals surface area contributed by atoms with Crippen LogP contribution >= 0.6 is 0 Å². The number of aromatic nitrogens is 1. The maximum absolute atomic E-state index is 12.7. The van der Waals surface area contributed by atoms with Gasteiger partial charge in [0.15, 0.2) is 0 Å². The summed E-state index contributed by atoms with van der Waals surface area (Å²) in [5.41, 5.74) is 2.87. The van der Waals surface area contributed by atoms with Crippen molar-refractivity contribution in [3.8, 4) is 0 Å². The van der Waals surface area contributed by atoms with Crippen molar-refractivity contribution in [3.05, 3.63) is 28.6 Å². The van der Waals surface area contributed by atoms with Gasteiger partial charge in [0.05, 0.1) is 0 Å². The molecule has 0 aromatic carbocycles. The first-order chi connectivity index (χ1) is 10.9. The second-order valence-corrected chi connectivity index (χ2v) is 6.32. The van der Waals surface area contributed by atoms with Crippen LogP contribution in [0.3, 0.4) is 0 Å². The predicted molar refractivity (Wildman–Crippen MR) is 85.5 cm³/mol. The SMILES string of the molecule is Cc1cc(/C=C2/C(=O)NC(=O)N(C3CCCC3)C2=O)c(C)n1C. The highest BCUT2D eigenvalue weighted by Crippen LogP contribution is 2.27. The van der Waals surface area contributed by atoms with E-state index < -0.39 is 17.8 Å². The zero-order valence-corrected chi connectivity index (χ0v) is 13.7. The summed E-state index contributed by atoms with van der Waals surface area (Å²) < 4.78 is 2.00. The molecule has 2 fully saturated rings. The van der Waals surface area contributed by atoms with E-state index in [4.69, 9.17) is 0 Å². The van der Waals surface area contributed by atoms with Crippen LogP contribution in [0, 0.1) is 13.8 Å². The van der Waals surface area contributed by atoms with Crippen LogP contribution in [-0.2, 0) is 16.6 Å². The summed E-state index contributed by atoms with van der Waals surface area (Å²) in [4.78, 5) is 38.1. The number of urea groups is 1. The average Bonchev–Trinajstić information content (AvgIpc) is 3.09. The summed E-state index contributed by atoms with van der Waals surface area (Å²) in [6.45, 7) is 3.90. The highest BCUT2D eigenvalue weighted by atomic mass is 16.2. The summed E-state index contributed by atoms with van der Waals surface area (Å²) >= 11 is 0. The molecule has 1 aromatic heterocycles. The number of aryl methyl sites for hydroxylation is 1. The van der Waals surface area contributed by atoms with Crippen molar-refractivity contribution in [2.45, 2.75) is 45.6 Å². The zero-order chi connectivity index (χ0) is 16.7. The lowest BCUT2D eigenvalue weighted by atomic mass is 10.1. The Hall–Kier alpha value is -2.37. The molecule has 23 heavy (non-hydrogen) atoms. The molecule has 0 radical (unpaired) electrons. The lowest BCUT2D eigenvalue weighted by molar-refractivity contribution is -0.131. The molecule has 1 saturated heterocycles. The van der Waals surface area contributed by atoms with Gasteiger partial charge in [0.2, 0.25) is 0 Å². The van der Waals surface area contributed by atoms with Gasteiger partial charge in [0.25, 0.3) is 11.8 Å². The number of nitrogens with zero attached hydrogens (tertiary/aromatic N) is 2. The van der Waals surface area contributed by atoms with Gasteiger partial charge in [0, 0.05) is 24.5 Å². The maximum Gasteiger partial charge on any atom is 0.331 e. The molecular weight excluding hydrogens is 294 g/mol. The highest BCUT2D eigenvalue weighted by Gasteiger charge is 2.40. The van der Waals surface area contributed by atoms with Crippen molar-refractivity contribution in [2.24, 2.45) is 7.05 Å². The number of amides is 4. The van der Waals surface area contributed by atoms with E-state index in [0.29, 0.717) is 0 Å². The van der Waals surface area contributed by atoms with Crippen LogP contribution in [-0.4, -0.2) is 33.4 Å². The first-order valence-electron chi connectivity index (χ1n) is 7.93. The minimum Gasteiger partial charge on any atom is -0.352 e. The molecule has 0 atom stereocenters. The third-order valence-corrected chi connectivity index (χ3v) is 4.94. The van der Waals surface area contributed by atoms with Crippen LogP contribution < -0.4 is 5.32 Å². The number of hydrogen-bond acceptors (Lipinski definition) is 3. The Balaban J connectivity index is 1.98. The van der Waals surface area contributed by atoms with Gasteiger partial charge < -0.3 is 4.57 Å². The van der Waals surface area contributed by atoms with E-state index in [-0.39, 0.29) is 11.6 Å². The van der Waals surface area contributed by atoms with Gasteiger partial charge >= 0.3 is 6.03 Å². The van der Waals surface area contributed by atoms with Crippen LogP contribution in [0.4, 0.5) is 4.79 Å². The average molecular weight is 315 g/mol. The van der Waals surface area contributed by atoms with Crippen LogP contribution in [0.25, 0.3) is 6.08 Å². The monoisotopic (exact) mass is 315 g/mol. The Labute approximate surface area is 135 Å². The van der Waals surface area contributed by atoms with E-state index in [1.807, 2.05) is 31.5 Å². The van der Waals surface area contributed by atoms with Crippen molar-refractivity contribution in [1.29, 1.82) is 0 Å². The molecule has 3 rings (SSSR count). The predicted octanol–water partition coefficient (Wildman–Crippen LogP) is 2.05. The fraction of sp³-hybridized carbons (Fsp3) is 0.471. The largest absolute Gasteiger partial charge is 0.352 e. The zero-order valence-electron chi connectivity index (χ0n) is 13.7. The normalized spacial score (nSPS) is 21.4. The van der Waals surface area contributed by atoms with Crippen molar-refractivity contribution in [3.63, 3.8) is 0 Å². The van der Waals surface area contributed by atoms with Crippen LogP contribution in [0.1, 0.15) is 42.6 Å². The third kappa shape index (κ3) is 2.58. The summed E-state index contributed by atoms with van der Waals surface area (Å²) in [6.07, 6.45) is 5.22. The molecule has 6 nitrogen and oxygen atoms in total. The van der Waals surface area contributed by atoms with Gasteiger partial charge in [-0.15, -0.1) is 0 Å². The number of barbiturate groups is 1. The summed E-state index contributed by atoms with van der Waals surface area (Å²) in [5.74, 6) is -1.10. The second kappa shape index (κ2) is 5.68. The van der Waals surface area contributed by atoms with E-state index >= 15 is 0 Å². The molecule has 1 aliphatic heterocycles. The minimum atomic E-state index is -0.616. The van der Waals surface area contributed by atoms with Crippen molar-refractivity contribution >= 4 is 23.9 Å². The lowest BCUT2D eigenvalue weighted by Gasteiger charge is -2.31. The first-order valence-corrected chi connectivity index (χ1v) is 7.93. The molecule has 0 bridgehead atoms. The highest BCUT2D eigenvalue weighted by molar-refractivity contribution is 6.31. The van der Waals surface area contributed by atoms with E-state index in [2.05, 4.69) is 5.32 Å². The van der Waals surface area contributed by atoms with Crippen molar-refractivity contribution < 1.29 is 14.4 Å². The summed E-state index contributed by atoms with van der Waals surface area (Å²) in [7, 11) is 1.93. The molecule has 4 amide bonds. The Kier molecular flexibility index (Phi) is 3.83. The fourth-order valence-corrected chi connectivity index (χ4v) is 3.35. The van der Waals surface area contributed by atoms with Crippen LogP contribution in [0.5, 0.6) is 0 Å². The van der Waals surface area contributed by atoms with Gasteiger partial charge in [-0.2, -0.15) is 0 Å². The maximum atomic E-state index is 12.7. The van der Waals surface area contributed by atoms with Gasteiger partial charge in [-0.1, -0.05) is 12.8 Å². The van der Waals surface area contributed by atoms with Gasteiger partial charge in [-0.25, -0.2) is 4.79 Å². The number of carbonyl (C=O) groups is 3. The molecule has 1 aromatic rings. The summed E-state index contributed by atoms with van der Waals surface area (Å²) in [5, 5.41) is 2.30. The molecule has 0 spiro atoms. The number of carbonyl (C=O) groups excluding carboxylic acids is 3. The first kappa shape index (κ1) is 15.5. The Morgan fingerprint density at radius 3 is 2.39 bits per heavy atom. The smallest absolute Gasteiger partial charge is 0.331 e. The lowest BCUT2D eigenvalue weighted by Crippen LogP contribution is -2.57. The van der Waals surface area contributed by atoms with Gasteiger partial charge in [-0.3, -0.25) is 19.8 Å². The number of rotatable bonds is 2. The standard InChI is InChI=1S/C17H21N3O3/c1-10-8-12(11(2)19(10)3)9-14-15(21)18-17(23)20(16(14)22)13-6-4-5-7-13/h8-9,13H,4-7H2,1-3H3,(H,18,21,23)/b14-9-. The molecular formula is C17H21N3O3. The van der Waals surface area contributed by atoms with E-state index in [1.54, 1.807) is 6.08 Å². The Morgan fingerprint density at radius 1 is 1.17 bits per heavy atom. The minimum absolute atomic E-state index is 0.0326. The fourth-order valence-electron chi connectivity index (χ4n) is 3.35. The molecule has 6 heteroatoms. The topological polar surface area (TPSA) is 71.4 Å².